The Morgan fingerprint density at radius 2 is 1.53 bits per heavy atom. The quantitative estimate of drug-likeness (QED) is 0.852. The van der Waals surface area contributed by atoms with Crippen molar-refractivity contribution in [3.63, 3.8) is 0 Å². The molecule has 0 saturated heterocycles. The first-order chi connectivity index (χ1) is 8.57. The van der Waals surface area contributed by atoms with E-state index in [4.69, 9.17) is 5.73 Å². The summed E-state index contributed by atoms with van der Waals surface area (Å²) in [5, 5.41) is 0. The largest absolute Gasteiger partial charge is 0.573 e. The molecule has 0 aromatic heterocycles. The van der Waals surface area contributed by atoms with Gasteiger partial charge in [0.2, 0.25) is 0 Å². The fourth-order valence-corrected chi connectivity index (χ4v) is 1.40. The Labute approximate surface area is 105 Å². The van der Waals surface area contributed by atoms with Crippen LogP contribution in [0, 0.1) is 0 Å². The van der Waals surface area contributed by atoms with Crippen molar-refractivity contribution in [2.75, 3.05) is 0 Å². The molecule has 1 unspecified atom stereocenters. The van der Waals surface area contributed by atoms with Crippen molar-refractivity contribution >= 4 is 0 Å². The van der Waals surface area contributed by atoms with E-state index in [1.165, 1.54) is 12.1 Å². The lowest BCUT2D eigenvalue weighted by molar-refractivity contribution is -0.274. The molecule has 0 saturated carbocycles. The van der Waals surface area contributed by atoms with Gasteiger partial charge in [0, 0.05) is 12.5 Å². The molecule has 1 aromatic rings. The lowest BCUT2D eigenvalue weighted by Crippen LogP contribution is -2.18. The summed E-state index contributed by atoms with van der Waals surface area (Å²) in [6.07, 6.45) is -10.5. The Bertz CT molecular complexity index is 397. The molecule has 2 nitrogen and oxygen atoms in total. The Morgan fingerprint density at radius 3 is 1.95 bits per heavy atom. The summed E-state index contributed by atoms with van der Waals surface area (Å²) in [6, 6.07) is 3.55. The van der Waals surface area contributed by atoms with Crippen LogP contribution in [0.3, 0.4) is 0 Å². The number of ether oxygens (including phenoxy) is 1. The molecular weight excluding hydrogens is 276 g/mol. The Kier molecular flexibility index (Phi) is 4.67. The number of nitrogens with two attached hydrogens (primary N) is 1. The highest BCUT2D eigenvalue weighted by atomic mass is 19.4. The lowest BCUT2D eigenvalue weighted by atomic mass is 10.0. The Balaban J connectivity index is 2.60. The third-order valence-electron chi connectivity index (χ3n) is 2.28. The molecule has 1 rings (SSSR count). The van der Waals surface area contributed by atoms with Crippen molar-refractivity contribution in [3.05, 3.63) is 29.8 Å². The summed E-state index contributed by atoms with van der Waals surface area (Å²) in [4.78, 5) is 0. The predicted molar refractivity (Wildman–Crippen MR) is 55.3 cm³/mol. The minimum Gasteiger partial charge on any atom is -0.406 e. The van der Waals surface area contributed by atoms with Gasteiger partial charge in [0.15, 0.2) is 0 Å². The molecule has 0 aliphatic heterocycles. The SMILES string of the molecule is NC(CCC(F)(F)F)c1ccc(OC(F)(F)F)cc1. The second-order valence-electron chi connectivity index (χ2n) is 3.88. The van der Waals surface area contributed by atoms with Gasteiger partial charge in [-0.05, 0) is 24.1 Å². The van der Waals surface area contributed by atoms with Crippen LogP contribution >= 0.6 is 0 Å². The standard InChI is InChI=1S/C11H11F6NO/c12-10(13,14)6-5-9(18)7-1-3-8(4-2-7)19-11(15,16)17/h1-4,9H,5-6,18H2. The molecule has 19 heavy (non-hydrogen) atoms. The summed E-state index contributed by atoms with van der Waals surface area (Å²) in [5.74, 6) is -0.445. The highest BCUT2D eigenvalue weighted by molar-refractivity contribution is 5.29. The van der Waals surface area contributed by atoms with Crippen LogP contribution in [0.5, 0.6) is 5.75 Å². The highest BCUT2D eigenvalue weighted by Crippen LogP contribution is 2.28. The van der Waals surface area contributed by atoms with E-state index in [9.17, 15) is 26.3 Å². The summed E-state index contributed by atoms with van der Waals surface area (Å²) < 4.78 is 75.2. The van der Waals surface area contributed by atoms with Crippen LogP contribution in [0.1, 0.15) is 24.4 Å². The van der Waals surface area contributed by atoms with Gasteiger partial charge < -0.3 is 10.5 Å². The predicted octanol–water partition coefficient (Wildman–Crippen LogP) is 3.93. The van der Waals surface area contributed by atoms with Crippen molar-refractivity contribution in [3.8, 4) is 5.75 Å². The van der Waals surface area contributed by atoms with Gasteiger partial charge in [-0.15, -0.1) is 13.2 Å². The van der Waals surface area contributed by atoms with E-state index in [0.29, 0.717) is 5.56 Å². The molecule has 108 valence electrons. The summed E-state index contributed by atoms with van der Waals surface area (Å²) >= 11 is 0. The van der Waals surface area contributed by atoms with E-state index >= 15 is 0 Å². The van der Waals surface area contributed by atoms with Crippen LogP contribution in [-0.4, -0.2) is 12.5 Å². The molecule has 1 atom stereocenters. The van der Waals surface area contributed by atoms with E-state index in [0.717, 1.165) is 12.1 Å². The number of benzene rings is 1. The molecule has 0 aliphatic carbocycles. The molecule has 0 fully saturated rings. The van der Waals surface area contributed by atoms with Gasteiger partial charge in [0.1, 0.15) is 5.75 Å². The second-order valence-corrected chi connectivity index (χ2v) is 3.88. The molecule has 2 N–H and O–H groups in total. The number of hydrogen-bond acceptors (Lipinski definition) is 2. The maximum absolute atomic E-state index is 12.0. The lowest BCUT2D eigenvalue weighted by Gasteiger charge is -2.14. The van der Waals surface area contributed by atoms with E-state index < -0.39 is 30.8 Å². The molecule has 0 amide bonds. The zero-order valence-electron chi connectivity index (χ0n) is 9.55. The normalized spacial score (nSPS) is 14.3. The third kappa shape index (κ3) is 6.32. The molecule has 0 radical (unpaired) electrons. The van der Waals surface area contributed by atoms with Crippen LogP contribution in [0.2, 0.25) is 0 Å². The maximum Gasteiger partial charge on any atom is 0.573 e. The molecule has 1 aromatic carbocycles. The Morgan fingerprint density at radius 1 is 1.00 bits per heavy atom. The first-order valence-corrected chi connectivity index (χ1v) is 5.25. The second kappa shape index (κ2) is 5.68. The van der Waals surface area contributed by atoms with Gasteiger partial charge in [-0.1, -0.05) is 12.1 Å². The fraction of sp³-hybridized carbons (Fsp3) is 0.455. The van der Waals surface area contributed by atoms with Crippen LogP contribution < -0.4 is 10.5 Å². The van der Waals surface area contributed by atoms with Crippen molar-refractivity contribution in [2.45, 2.75) is 31.4 Å². The zero-order valence-corrected chi connectivity index (χ0v) is 9.55. The molecule has 0 heterocycles. The molecule has 0 bridgehead atoms. The van der Waals surface area contributed by atoms with Crippen LogP contribution in [-0.2, 0) is 0 Å². The average Bonchev–Trinajstić information content (AvgIpc) is 2.23. The minimum atomic E-state index is -4.81. The van der Waals surface area contributed by atoms with Gasteiger partial charge >= 0.3 is 12.5 Å². The van der Waals surface area contributed by atoms with Crippen molar-refractivity contribution in [1.29, 1.82) is 0 Å². The van der Waals surface area contributed by atoms with Crippen molar-refractivity contribution < 1.29 is 31.1 Å². The molecular formula is C11H11F6NO. The first-order valence-electron chi connectivity index (χ1n) is 5.25. The van der Waals surface area contributed by atoms with Gasteiger partial charge in [0.25, 0.3) is 0 Å². The Hall–Kier alpha value is -1.44. The average molecular weight is 287 g/mol. The topological polar surface area (TPSA) is 35.2 Å². The van der Waals surface area contributed by atoms with E-state index in [1.807, 2.05) is 0 Å². The van der Waals surface area contributed by atoms with Crippen LogP contribution in [0.25, 0.3) is 0 Å². The third-order valence-corrected chi connectivity index (χ3v) is 2.28. The smallest absolute Gasteiger partial charge is 0.406 e. The molecule has 0 spiro atoms. The molecule has 8 heteroatoms. The summed E-state index contributed by atoms with van der Waals surface area (Å²) in [5.41, 5.74) is 5.83. The fourth-order valence-electron chi connectivity index (χ4n) is 1.40. The van der Waals surface area contributed by atoms with Crippen LogP contribution in [0.4, 0.5) is 26.3 Å². The van der Waals surface area contributed by atoms with Crippen molar-refractivity contribution in [1.82, 2.24) is 0 Å². The van der Waals surface area contributed by atoms with Gasteiger partial charge in [-0.25, -0.2) is 0 Å². The molecule has 0 aliphatic rings. The van der Waals surface area contributed by atoms with E-state index in [1.54, 1.807) is 0 Å². The minimum absolute atomic E-state index is 0.318. The number of halogens is 6. The van der Waals surface area contributed by atoms with Gasteiger partial charge in [-0.2, -0.15) is 13.2 Å². The van der Waals surface area contributed by atoms with Crippen molar-refractivity contribution in [2.24, 2.45) is 5.73 Å². The van der Waals surface area contributed by atoms with E-state index in [2.05, 4.69) is 4.74 Å². The highest BCUT2D eigenvalue weighted by Gasteiger charge is 2.31. The van der Waals surface area contributed by atoms with Gasteiger partial charge in [0.05, 0.1) is 0 Å². The zero-order chi connectivity index (χ0) is 14.7. The monoisotopic (exact) mass is 287 g/mol. The van der Waals surface area contributed by atoms with E-state index in [-0.39, 0.29) is 6.42 Å². The summed E-state index contributed by atoms with van der Waals surface area (Å²) in [6.45, 7) is 0. The van der Waals surface area contributed by atoms with Gasteiger partial charge in [-0.3, -0.25) is 0 Å². The number of rotatable bonds is 4. The number of alkyl halides is 6. The first kappa shape index (κ1) is 15.6. The maximum atomic E-state index is 12.0. The number of hydrogen-bond donors (Lipinski definition) is 1. The summed E-state index contributed by atoms with van der Waals surface area (Å²) in [7, 11) is 0. The van der Waals surface area contributed by atoms with Crippen LogP contribution in [0.15, 0.2) is 24.3 Å².